The zero-order valence-electron chi connectivity index (χ0n) is 10.1. The lowest BCUT2D eigenvalue weighted by Crippen LogP contribution is -2.23. The van der Waals surface area contributed by atoms with Crippen molar-refractivity contribution in [3.05, 3.63) is 29.8 Å². The molecule has 0 aliphatic rings. The molecule has 1 radical (unpaired) electrons. The molecule has 0 heterocycles. The monoisotopic (exact) mass is 235 g/mol. The van der Waals surface area contributed by atoms with Gasteiger partial charge in [-0.3, -0.25) is 9.59 Å². The molecule has 1 aromatic carbocycles. The molecular weight excluding hydrogens is 220 g/mol. The highest BCUT2D eigenvalue weighted by Crippen LogP contribution is 2.19. The number of benzene rings is 1. The second-order valence-electron chi connectivity index (χ2n) is 4.65. The van der Waals surface area contributed by atoms with Crippen LogP contribution < -0.4 is 4.74 Å². The Labute approximate surface area is 100 Å². The minimum Gasteiger partial charge on any atom is -0.487 e. The quantitative estimate of drug-likeness (QED) is 0.642. The van der Waals surface area contributed by atoms with Gasteiger partial charge >= 0.3 is 5.97 Å². The van der Waals surface area contributed by atoms with Gasteiger partial charge in [0.05, 0.1) is 0 Å². The molecule has 0 aromatic heterocycles. The summed E-state index contributed by atoms with van der Waals surface area (Å²) in [6, 6.07) is 7.44. The predicted molar refractivity (Wildman–Crippen MR) is 62.2 cm³/mol. The van der Waals surface area contributed by atoms with Gasteiger partial charge in [0.25, 0.3) is 0 Å². The summed E-state index contributed by atoms with van der Waals surface area (Å²) >= 11 is 0. The number of carboxylic acid groups (broad SMARTS) is 1. The zero-order valence-corrected chi connectivity index (χ0v) is 10.1. The second-order valence-corrected chi connectivity index (χ2v) is 4.65. The first-order valence-corrected chi connectivity index (χ1v) is 5.24. The third kappa shape index (κ3) is 4.68. The number of rotatable bonds is 4. The predicted octanol–water partition coefficient (Wildman–Crippen LogP) is 2.32. The standard InChI is InChI=1S/C13H15O4/c1-13(2,3)17-10-6-4-5-9(7-10)11(14)8-12(15)16/h4-5,7H,8H2,1-3H3,(H,15,16). The number of hydrogen-bond donors (Lipinski definition) is 1. The summed E-state index contributed by atoms with van der Waals surface area (Å²) in [6.45, 7) is 5.64. The normalized spacial score (nSPS) is 11.0. The smallest absolute Gasteiger partial charge is 0.311 e. The molecular formula is C13H15O4. The Morgan fingerprint density at radius 1 is 1.41 bits per heavy atom. The van der Waals surface area contributed by atoms with E-state index in [4.69, 9.17) is 9.84 Å². The summed E-state index contributed by atoms with van der Waals surface area (Å²) in [4.78, 5) is 22.0. The summed E-state index contributed by atoms with van der Waals surface area (Å²) < 4.78 is 5.54. The summed E-state index contributed by atoms with van der Waals surface area (Å²) in [5, 5.41) is 8.54. The van der Waals surface area contributed by atoms with Crippen molar-refractivity contribution in [3.8, 4) is 5.75 Å². The Hall–Kier alpha value is -1.84. The Kier molecular flexibility index (Phi) is 3.89. The molecule has 0 aliphatic carbocycles. The molecule has 0 unspecified atom stereocenters. The van der Waals surface area contributed by atoms with E-state index in [0.29, 0.717) is 11.3 Å². The van der Waals surface area contributed by atoms with E-state index in [9.17, 15) is 9.59 Å². The van der Waals surface area contributed by atoms with Crippen molar-refractivity contribution in [2.45, 2.75) is 32.8 Å². The molecule has 0 atom stereocenters. The van der Waals surface area contributed by atoms with Crippen molar-refractivity contribution in [1.82, 2.24) is 0 Å². The molecule has 0 saturated heterocycles. The lowest BCUT2D eigenvalue weighted by atomic mass is 10.1. The van der Waals surface area contributed by atoms with Crippen LogP contribution in [0.3, 0.4) is 0 Å². The number of ketones is 1. The molecule has 17 heavy (non-hydrogen) atoms. The number of carboxylic acids is 1. The van der Waals surface area contributed by atoms with Crippen molar-refractivity contribution in [1.29, 1.82) is 0 Å². The Balaban J connectivity index is 2.86. The van der Waals surface area contributed by atoms with Gasteiger partial charge in [-0.2, -0.15) is 0 Å². The van der Waals surface area contributed by atoms with Crippen LogP contribution in [0.1, 0.15) is 37.6 Å². The van der Waals surface area contributed by atoms with Crippen LogP contribution in [0.15, 0.2) is 18.2 Å². The van der Waals surface area contributed by atoms with Crippen LogP contribution in [0.2, 0.25) is 0 Å². The van der Waals surface area contributed by atoms with E-state index >= 15 is 0 Å². The van der Waals surface area contributed by atoms with Gasteiger partial charge < -0.3 is 9.84 Å². The molecule has 1 aromatic rings. The van der Waals surface area contributed by atoms with E-state index in [0.717, 1.165) is 0 Å². The summed E-state index contributed by atoms with van der Waals surface area (Å²) in [5.74, 6) is -1.14. The van der Waals surface area contributed by atoms with Crippen LogP contribution >= 0.6 is 0 Å². The highest BCUT2D eigenvalue weighted by molar-refractivity contribution is 6.05. The number of ether oxygens (including phenoxy) is 1. The third-order valence-electron chi connectivity index (χ3n) is 1.82. The van der Waals surface area contributed by atoms with E-state index in [1.165, 1.54) is 12.1 Å². The fourth-order valence-electron chi connectivity index (χ4n) is 1.25. The van der Waals surface area contributed by atoms with E-state index < -0.39 is 18.2 Å². The molecule has 0 spiro atoms. The van der Waals surface area contributed by atoms with E-state index in [1.54, 1.807) is 6.07 Å². The van der Waals surface area contributed by atoms with Gasteiger partial charge in [0.1, 0.15) is 17.8 Å². The van der Waals surface area contributed by atoms with Crippen molar-refractivity contribution >= 4 is 11.8 Å². The highest BCUT2D eigenvalue weighted by Gasteiger charge is 2.15. The first kappa shape index (κ1) is 13.2. The van der Waals surface area contributed by atoms with Crippen molar-refractivity contribution < 1.29 is 19.4 Å². The SMILES string of the molecule is CC(C)(C)Oc1[c]ccc(C(=O)CC(=O)O)c1. The topological polar surface area (TPSA) is 63.6 Å². The summed E-state index contributed by atoms with van der Waals surface area (Å²) in [7, 11) is 0. The average molecular weight is 235 g/mol. The van der Waals surface area contributed by atoms with E-state index in [1.807, 2.05) is 20.8 Å². The van der Waals surface area contributed by atoms with Crippen LogP contribution in [0.4, 0.5) is 0 Å². The van der Waals surface area contributed by atoms with Crippen LogP contribution in [-0.2, 0) is 4.79 Å². The Bertz CT molecular complexity index is 429. The summed E-state index contributed by atoms with van der Waals surface area (Å²) in [5.41, 5.74) is -0.0595. The van der Waals surface area contributed by atoms with Crippen molar-refractivity contribution in [2.75, 3.05) is 0 Å². The van der Waals surface area contributed by atoms with Gasteiger partial charge in [0, 0.05) is 11.6 Å². The fourth-order valence-corrected chi connectivity index (χ4v) is 1.25. The Morgan fingerprint density at radius 2 is 2.06 bits per heavy atom. The number of hydrogen-bond acceptors (Lipinski definition) is 3. The third-order valence-corrected chi connectivity index (χ3v) is 1.82. The molecule has 1 N–H and O–H groups in total. The van der Waals surface area contributed by atoms with E-state index in [2.05, 4.69) is 6.07 Å². The first-order chi connectivity index (χ1) is 7.78. The molecule has 1 rings (SSSR count). The number of carbonyl (C=O) groups is 2. The maximum atomic E-state index is 11.5. The van der Waals surface area contributed by atoms with Crippen LogP contribution in [0, 0.1) is 6.07 Å². The van der Waals surface area contributed by atoms with Crippen molar-refractivity contribution in [2.24, 2.45) is 0 Å². The first-order valence-electron chi connectivity index (χ1n) is 5.24. The van der Waals surface area contributed by atoms with Gasteiger partial charge in [-0.25, -0.2) is 0 Å². The van der Waals surface area contributed by atoms with Crippen LogP contribution in [0.5, 0.6) is 5.75 Å². The molecule has 0 bridgehead atoms. The van der Waals surface area contributed by atoms with Gasteiger partial charge in [-0.15, -0.1) is 0 Å². The molecule has 4 nitrogen and oxygen atoms in total. The summed E-state index contributed by atoms with van der Waals surface area (Å²) in [6.07, 6.45) is -0.515. The van der Waals surface area contributed by atoms with Gasteiger partial charge in [-0.1, -0.05) is 6.07 Å². The molecule has 0 saturated carbocycles. The molecule has 91 valence electrons. The number of aliphatic carboxylic acids is 1. The van der Waals surface area contributed by atoms with Gasteiger partial charge in [0.15, 0.2) is 5.78 Å². The minimum absolute atomic E-state index is 0.324. The minimum atomic E-state index is -1.14. The average Bonchev–Trinajstić information content (AvgIpc) is 2.14. The number of Topliss-reactive ketones (excluding diaryl/α,β-unsaturated/α-hetero) is 1. The zero-order chi connectivity index (χ0) is 13.1. The lowest BCUT2D eigenvalue weighted by molar-refractivity contribution is -0.135. The number of carbonyl (C=O) groups excluding carboxylic acids is 1. The second kappa shape index (κ2) is 4.99. The van der Waals surface area contributed by atoms with Crippen molar-refractivity contribution in [3.63, 3.8) is 0 Å². The largest absolute Gasteiger partial charge is 0.487 e. The maximum Gasteiger partial charge on any atom is 0.311 e. The van der Waals surface area contributed by atoms with E-state index in [-0.39, 0.29) is 5.60 Å². The molecule has 0 fully saturated rings. The molecule has 4 heteroatoms. The van der Waals surface area contributed by atoms with Gasteiger partial charge in [-0.05, 0) is 32.9 Å². The van der Waals surface area contributed by atoms with Crippen LogP contribution in [0.25, 0.3) is 0 Å². The molecule has 0 amide bonds. The fraction of sp³-hybridized carbons (Fsp3) is 0.385. The highest BCUT2D eigenvalue weighted by atomic mass is 16.5. The molecule has 0 aliphatic heterocycles. The Morgan fingerprint density at radius 3 is 2.59 bits per heavy atom. The maximum absolute atomic E-state index is 11.5. The van der Waals surface area contributed by atoms with Gasteiger partial charge in [0.2, 0.25) is 0 Å². The lowest BCUT2D eigenvalue weighted by Gasteiger charge is -2.21. The van der Waals surface area contributed by atoms with Crippen LogP contribution in [-0.4, -0.2) is 22.5 Å².